The van der Waals surface area contributed by atoms with Gasteiger partial charge in [-0.2, -0.15) is 0 Å². The number of carbonyl (C=O) groups is 1. The number of carbonyl (C=O) groups excluding carboxylic acids is 1. The third-order valence-electron chi connectivity index (χ3n) is 5.63. The molecule has 1 aliphatic heterocycles. The van der Waals surface area contributed by atoms with E-state index in [1.165, 1.54) is 5.56 Å². The van der Waals surface area contributed by atoms with Crippen LogP contribution in [0.25, 0.3) is 21.9 Å². The number of aromatic amines is 2. The molecule has 5 heteroatoms. The fourth-order valence-electron chi connectivity index (χ4n) is 4.14. The quantitative estimate of drug-likeness (QED) is 0.559. The molecular weight excluding hydrogens is 336 g/mol. The van der Waals surface area contributed by atoms with E-state index in [-0.39, 0.29) is 11.8 Å². The minimum absolute atomic E-state index is 0.100. The van der Waals surface area contributed by atoms with Crippen LogP contribution in [0.1, 0.15) is 40.5 Å². The molecule has 2 aromatic heterocycles. The number of hydrogen-bond donors (Lipinski definition) is 2. The fourth-order valence-corrected chi connectivity index (χ4v) is 4.14. The summed E-state index contributed by atoms with van der Waals surface area (Å²) in [6, 6.07) is 14.1. The van der Waals surface area contributed by atoms with E-state index in [1.807, 2.05) is 41.4 Å². The number of nitrogens with zero attached hydrogens (tertiary/aromatic N) is 2. The van der Waals surface area contributed by atoms with Crippen molar-refractivity contribution in [1.82, 2.24) is 19.9 Å². The van der Waals surface area contributed by atoms with Gasteiger partial charge in [0.15, 0.2) is 0 Å². The highest BCUT2D eigenvalue weighted by Crippen LogP contribution is 2.28. The lowest BCUT2D eigenvalue weighted by atomic mass is 9.96. The van der Waals surface area contributed by atoms with Crippen LogP contribution in [0.2, 0.25) is 0 Å². The second-order valence-electron chi connectivity index (χ2n) is 7.46. The lowest BCUT2D eigenvalue weighted by molar-refractivity contribution is 0.0705. The maximum Gasteiger partial charge on any atom is 0.253 e. The molecule has 0 unspecified atom stereocenters. The van der Waals surface area contributed by atoms with Crippen LogP contribution in [0.3, 0.4) is 0 Å². The van der Waals surface area contributed by atoms with Crippen molar-refractivity contribution in [2.75, 3.05) is 13.1 Å². The molecule has 1 amide bonds. The van der Waals surface area contributed by atoms with Gasteiger partial charge in [-0.1, -0.05) is 18.2 Å². The van der Waals surface area contributed by atoms with Crippen LogP contribution < -0.4 is 0 Å². The average Bonchev–Trinajstić information content (AvgIpc) is 3.34. The van der Waals surface area contributed by atoms with E-state index in [2.05, 4.69) is 29.0 Å². The summed E-state index contributed by atoms with van der Waals surface area (Å²) >= 11 is 0. The minimum atomic E-state index is 0.100. The lowest BCUT2D eigenvalue weighted by Gasteiger charge is -2.32. The number of aryl methyl sites for hydroxylation is 1. The van der Waals surface area contributed by atoms with Gasteiger partial charge < -0.3 is 14.9 Å². The average molecular weight is 358 g/mol. The molecule has 1 atom stereocenters. The van der Waals surface area contributed by atoms with Gasteiger partial charge in [0, 0.05) is 36.3 Å². The number of rotatable bonds is 2. The van der Waals surface area contributed by atoms with Crippen molar-refractivity contribution >= 4 is 27.8 Å². The van der Waals surface area contributed by atoms with Crippen LogP contribution in [0, 0.1) is 6.92 Å². The smallest absolute Gasteiger partial charge is 0.253 e. The number of imidazole rings is 1. The molecule has 1 fully saturated rings. The van der Waals surface area contributed by atoms with Gasteiger partial charge >= 0.3 is 0 Å². The summed E-state index contributed by atoms with van der Waals surface area (Å²) in [4.78, 5) is 26.5. The minimum Gasteiger partial charge on any atom is -0.361 e. The maximum atomic E-state index is 13.0. The molecule has 0 bridgehead atoms. The van der Waals surface area contributed by atoms with Gasteiger partial charge in [0.25, 0.3) is 5.91 Å². The molecule has 1 saturated heterocycles. The Balaban J connectivity index is 1.40. The van der Waals surface area contributed by atoms with Crippen molar-refractivity contribution in [3.8, 4) is 0 Å². The summed E-state index contributed by atoms with van der Waals surface area (Å²) in [6.45, 7) is 3.60. The Bertz CT molecular complexity index is 1140. The van der Waals surface area contributed by atoms with E-state index in [4.69, 9.17) is 4.98 Å². The predicted octanol–water partition coefficient (Wildman–Crippen LogP) is 4.37. The summed E-state index contributed by atoms with van der Waals surface area (Å²) < 4.78 is 0. The van der Waals surface area contributed by atoms with Crippen LogP contribution in [0.15, 0.2) is 48.7 Å². The number of likely N-dealkylation sites (tertiary alicyclic amines) is 1. The highest BCUT2D eigenvalue weighted by molar-refractivity contribution is 5.98. The topological polar surface area (TPSA) is 64.8 Å². The monoisotopic (exact) mass is 358 g/mol. The molecule has 27 heavy (non-hydrogen) atoms. The molecule has 1 aliphatic rings. The standard InChI is InChI=1S/C22H22N4O/c1-14-4-2-6-18-20(14)25-21(24-18)17-5-3-11-26(13-17)22(27)16-8-7-15-9-10-23-19(15)12-16/h2,4,6-10,12,17,23H,3,5,11,13H2,1H3,(H,24,25)/t17-/m1/s1. The lowest BCUT2D eigenvalue weighted by Crippen LogP contribution is -2.39. The molecule has 5 nitrogen and oxygen atoms in total. The van der Waals surface area contributed by atoms with Gasteiger partial charge in [0.05, 0.1) is 11.0 Å². The number of para-hydroxylation sites is 1. The first kappa shape index (κ1) is 16.1. The normalized spacial score (nSPS) is 17.7. The zero-order valence-electron chi connectivity index (χ0n) is 15.3. The molecule has 0 aliphatic carbocycles. The highest BCUT2D eigenvalue weighted by atomic mass is 16.2. The Morgan fingerprint density at radius 1 is 1.19 bits per heavy atom. The number of fused-ring (bicyclic) bond motifs is 2. The molecule has 4 aromatic rings. The second-order valence-corrected chi connectivity index (χ2v) is 7.46. The van der Waals surface area contributed by atoms with Crippen molar-refractivity contribution in [2.24, 2.45) is 0 Å². The van der Waals surface area contributed by atoms with Crippen LogP contribution in [0.4, 0.5) is 0 Å². The highest BCUT2D eigenvalue weighted by Gasteiger charge is 2.27. The zero-order valence-corrected chi connectivity index (χ0v) is 15.3. The summed E-state index contributed by atoms with van der Waals surface area (Å²) in [5, 5.41) is 1.13. The summed E-state index contributed by atoms with van der Waals surface area (Å²) in [6.07, 6.45) is 3.95. The number of nitrogens with one attached hydrogen (secondary N) is 2. The van der Waals surface area contributed by atoms with Gasteiger partial charge in [0.2, 0.25) is 0 Å². The molecule has 5 rings (SSSR count). The first-order valence-corrected chi connectivity index (χ1v) is 9.51. The van der Waals surface area contributed by atoms with E-state index in [1.54, 1.807) is 0 Å². The number of hydrogen-bond acceptors (Lipinski definition) is 2. The summed E-state index contributed by atoms with van der Waals surface area (Å²) in [7, 11) is 0. The van der Waals surface area contributed by atoms with E-state index in [0.717, 1.165) is 52.7 Å². The third kappa shape index (κ3) is 2.79. The largest absolute Gasteiger partial charge is 0.361 e. The molecule has 0 spiro atoms. The van der Waals surface area contributed by atoms with Crippen molar-refractivity contribution < 1.29 is 4.79 Å². The third-order valence-corrected chi connectivity index (χ3v) is 5.63. The van der Waals surface area contributed by atoms with E-state index < -0.39 is 0 Å². The van der Waals surface area contributed by atoms with E-state index >= 15 is 0 Å². The van der Waals surface area contributed by atoms with Crippen molar-refractivity contribution in [1.29, 1.82) is 0 Å². The second kappa shape index (κ2) is 6.27. The van der Waals surface area contributed by atoms with Crippen LogP contribution in [0.5, 0.6) is 0 Å². The van der Waals surface area contributed by atoms with Crippen molar-refractivity contribution in [3.05, 3.63) is 65.6 Å². The number of benzene rings is 2. The molecule has 2 aromatic carbocycles. The van der Waals surface area contributed by atoms with Crippen LogP contribution in [-0.2, 0) is 0 Å². The number of aromatic nitrogens is 3. The molecule has 136 valence electrons. The Kier molecular flexibility index (Phi) is 3.74. The molecule has 0 saturated carbocycles. The Hall–Kier alpha value is -3.08. The first-order valence-electron chi connectivity index (χ1n) is 9.51. The van der Waals surface area contributed by atoms with E-state index in [0.29, 0.717) is 6.54 Å². The fraction of sp³-hybridized carbons (Fsp3) is 0.273. The molecule has 3 heterocycles. The van der Waals surface area contributed by atoms with E-state index in [9.17, 15) is 4.79 Å². The number of piperidine rings is 1. The van der Waals surface area contributed by atoms with Crippen molar-refractivity contribution in [3.63, 3.8) is 0 Å². The first-order chi connectivity index (χ1) is 13.2. The van der Waals surface area contributed by atoms with Crippen molar-refractivity contribution in [2.45, 2.75) is 25.7 Å². The number of H-pyrrole nitrogens is 2. The summed E-state index contributed by atoms with van der Waals surface area (Å²) in [5.74, 6) is 1.35. The zero-order chi connectivity index (χ0) is 18.4. The van der Waals surface area contributed by atoms with Gasteiger partial charge in [-0.05, 0) is 55.0 Å². The Morgan fingerprint density at radius 3 is 3.00 bits per heavy atom. The summed E-state index contributed by atoms with van der Waals surface area (Å²) in [5.41, 5.74) is 5.03. The maximum absolute atomic E-state index is 13.0. The molecule has 2 N–H and O–H groups in total. The molecule has 0 radical (unpaired) electrons. The Morgan fingerprint density at radius 2 is 2.11 bits per heavy atom. The van der Waals surface area contributed by atoms with Gasteiger partial charge in [0.1, 0.15) is 5.82 Å². The van der Waals surface area contributed by atoms with Gasteiger partial charge in [-0.3, -0.25) is 4.79 Å². The predicted molar refractivity (Wildman–Crippen MR) is 107 cm³/mol. The molecular formula is C22H22N4O. The van der Waals surface area contributed by atoms with Gasteiger partial charge in [-0.25, -0.2) is 4.98 Å². The Labute approximate surface area is 157 Å². The van der Waals surface area contributed by atoms with Gasteiger partial charge in [-0.15, -0.1) is 0 Å². The van der Waals surface area contributed by atoms with Crippen LogP contribution >= 0.6 is 0 Å². The number of amides is 1. The van der Waals surface area contributed by atoms with Crippen LogP contribution in [-0.4, -0.2) is 38.8 Å². The SMILES string of the molecule is Cc1cccc2[nH]c([C@@H]3CCCN(C(=O)c4ccc5cc[nH]c5c4)C3)nc12.